The van der Waals surface area contributed by atoms with Crippen molar-refractivity contribution in [1.82, 2.24) is 24.5 Å². The van der Waals surface area contributed by atoms with Crippen LogP contribution < -0.4 is 10.6 Å². The highest BCUT2D eigenvalue weighted by Gasteiger charge is 2.46. The molecule has 1 aliphatic rings. The van der Waals surface area contributed by atoms with Crippen molar-refractivity contribution < 1.29 is 26.8 Å². The van der Waals surface area contributed by atoms with E-state index in [1.165, 1.54) is 24.4 Å². The highest BCUT2D eigenvalue weighted by molar-refractivity contribution is 7.92. The number of sulfonamides is 1. The average molecular weight is 518 g/mol. The summed E-state index contributed by atoms with van der Waals surface area (Å²) >= 11 is 0. The molecule has 188 valence electrons. The van der Waals surface area contributed by atoms with E-state index < -0.39 is 53.2 Å². The highest BCUT2D eigenvalue weighted by Crippen LogP contribution is 2.32. The highest BCUT2D eigenvalue weighted by atomic mass is 32.2. The molecule has 1 atom stereocenters. The van der Waals surface area contributed by atoms with E-state index in [-0.39, 0.29) is 17.2 Å². The summed E-state index contributed by atoms with van der Waals surface area (Å²) in [6.07, 6.45) is 2.00. The molecule has 1 saturated heterocycles. The minimum Gasteiger partial charge on any atom is -0.324 e. The lowest BCUT2D eigenvalue weighted by Gasteiger charge is -2.35. The van der Waals surface area contributed by atoms with Crippen LogP contribution in [0.1, 0.15) is 16.9 Å². The van der Waals surface area contributed by atoms with Gasteiger partial charge in [0.15, 0.2) is 0 Å². The molecule has 1 fully saturated rings. The van der Waals surface area contributed by atoms with Crippen LogP contribution in [0, 0.1) is 5.92 Å². The number of carbonyl (C=O) groups is 2. The fourth-order valence-corrected chi connectivity index (χ4v) is 4.58. The second-order valence-corrected chi connectivity index (χ2v) is 9.89. The number of anilines is 2. The van der Waals surface area contributed by atoms with Gasteiger partial charge < -0.3 is 10.6 Å². The van der Waals surface area contributed by atoms with Crippen LogP contribution in [0.2, 0.25) is 0 Å². The van der Waals surface area contributed by atoms with Gasteiger partial charge in [0.05, 0.1) is 35.7 Å². The molecule has 36 heavy (non-hydrogen) atoms. The molecule has 4 rings (SSSR count). The van der Waals surface area contributed by atoms with Gasteiger partial charge in [0.2, 0.25) is 15.9 Å². The van der Waals surface area contributed by atoms with Crippen LogP contribution in [-0.2, 0) is 14.8 Å². The summed E-state index contributed by atoms with van der Waals surface area (Å²) in [6.45, 7) is 1.72. The molecule has 3 N–H and O–H groups in total. The molecule has 1 unspecified atom stereocenters. The molecular weight excluding hydrogens is 496 g/mol. The molecule has 0 saturated carbocycles. The van der Waals surface area contributed by atoms with Crippen molar-refractivity contribution in [1.29, 1.82) is 0 Å². The van der Waals surface area contributed by atoms with Gasteiger partial charge in [0.25, 0.3) is 11.8 Å². The molecule has 3 aromatic rings. The minimum atomic E-state index is -4.11. The van der Waals surface area contributed by atoms with Gasteiger partial charge in [-0.1, -0.05) is 12.6 Å². The van der Waals surface area contributed by atoms with Crippen LogP contribution in [0.3, 0.4) is 0 Å². The number of halogens is 2. The smallest absolute Gasteiger partial charge is 0.275 e. The predicted octanol–water partition coefficient (Wildman–Crippen LogP) is 2.49. The number of hydrogen-bond donors (Lipinski definition) is 3. The Balaban J connectivity index is 1.39. The third kappa shape index (κ3) is 5.78. The first kappa shape index (κ1) is 25.1. The lowest BCUT2D eigenvalue weighted by Crippen LogP contribution is -2.51. The summed E-state index contributed by atoms with van der Waals surface area (Å²) in [5.41, 5.74) is 1.49. The molecule has 0 bridgehead atoms. The Labute approximate surface area is 204 Å². The summed E-state index contributed by atoms with van der Waals surface area (Å²) in [6, 6.07) is 9.46. The Hall–Kier alpha value is -4.04. The number of pyridine rings is 2. The maximum atomic E-state index is 14.1. The Bertz CT molecular complexity index is 1380. The number of nitrogens with zero attached hydrogens (tertiary/aromatic N) is 4. The summed E-state index contributed by atoms with van der Waals surface area (Å²) in [5, 5.41) is 12.2. The normalized spacial score (nSPS) is 17.8. The first-order valence-corrected chi connectivity index (χ1v) is 12.1. The third-order valence-electron chi connectivity index (χ3n) is 5.35. The van der Waals surface area contributed by atoms with E-state index in [9.17, 15) is 26.8 Å². The topological polar surface area (TPSA) is 150 Å². The van der Waals surface area contributed by atoms with Crippen LogP contribution in [-0.4, -0.2) is 63.7 Å². The zero-order valence-electron chi connectivity index (χ0n) is 18.7. The Morgan fingerprint density at radius 2 is 2.00 bits per heavy atom. The molecular formula is C22H21F2N7O4S. The molecule has 0 spiro atoms. The standard InChI is InChI=1S/C22H21F2N7O4S/c1-2-36(34,35)31-12-14(10-22(23,24)13-31)20(32)27-15-6-7-19(25-11-15)29-21(33)18-5-3-4-16(28-18)17-8-9-26-30-17/h2-9,11,14H,1,10,12-13H2,(H,26,30)(H,27,32)(H,25,29,33). The molecule has 1 aliphatic heterocycles. The molecule has 11 nitrogen and oxygen atoms in total. The van der Waals surface area contributed by atoms with Crippen molar-refractivity contribution in [3.8, 4) is 11.4 Å². The van der Waals surface area contributed by atoms with E-state index in [4.69, 9.17) is 0 Å². The van der Waals surface area contributed by atoms with Gasteiger partial charge in [-0.2, -0.15) is 9.40 Å². The molecule has 0 aliphatic carbocycles. The number of amides is 2. The minimum absolute atomic E-state index is 0.138. The van der Waals surface area contributed by atoms with E-state index in [2.05, 4.69) is 37.4 Å². The lowest BCUT2D eigenvalue weighted by molar-refractivity contribution is -0.128. The first-order valence-electron chi connectivity index (χ1n) is 10.6. The van der Waals surface area contributed by atoms with Gasteiger partial charge in [-0.05, 0) is 30.3 Å². The zero-order valence-corrected chi connectivity index (χ0v) is 19.5. The van der Waals surface area contributed by atoms with Crippen LogP contribution in [0.5, 0.6) is 0 Å². The fraction of sp³-hybridized carbons (Fsp3) is 0.227. The lowest BCUT2D eigenvalue weighted by atomic mass is 9.96. The van der Waals surface area contributed by atoms with E-state index in [1.807, 2.05) is 0 Å². The quantitative estimate of drug-likeness (QED) is 0.436. The number of aromatic amines is 1. The number of aromatic nitrogens is 4. The molecule has 4 heterocycles. The molecule has 3 aromatic heterocycles. The number of rotatable bonds is 7. The monoisotopic (exact) mass is 517 g/mol. The molecule has 0 radical (unpaired) electrons. The van der Waals surface area contributed by atoms with Crippen LogP contribution in [0.4, 0.5) is 20.3 Å². The van der Waals surface area contributed by atoms with Gasteiger partial charge in [-0.25, -0.2) is 27.2 Å². The second kappa shape index (κ2) is 9.91. The number of piperidine rings is 1. The van der Waals surface area contributed by atoms with Crippen molar-refractivity contribution in [2.45, 2.75) is 12.3 Å². The van der Waals surface area contributed by atoms with Crippen molar-refractivity contribution in [2.75, 3.05) is 23.7 Å². The number of alkyl halides is 2. The fourth-order valence-electron chi connectivity index (χ4n) is 3.61. The summed E-state index contributed by atoms with van der Waals surface area (Å²) in [5.74, 6) is -5.79. The SMILES string of the molecule is C=CS(=O)(=O)N1CC(C(=O)Nc2ccc(NC(=O)c3cccc(-c4ccn[nH]4)n3)nc2)CC(F)(F)C1. The van der Waals surface area contributed by atoms with Gasteiger partial charge in [0.1, 0.15) is 11.5 Å². The van der Waals surface area contributed by atoms with Crippen molar-refractivity contribution in [3.05, 3.63) is 66.5 Å². The maximum absolute atomic E-state index is 14.1. The summed E-state index contributed by atoms with van der Waals surface area (Å²) in [7, 11) is -4.11. The van der Waals surface area contributed by atoms with Crippen LogP contribution in [0.15, 0.2) is 60.8 Å². The third-order valence-corrected chi connectivity index (χ3v) is 6.77. The summed E-state index contributed by atoms with van der Waals surface area (Å²) < 4.78 is 52.7. The van der Waals surface area contributed by atoms with Crippen LogP contribution in [0.25, 0.3) is 11.4 Å². The number of nitrogens with one attached hydrogen (secondary N) is 3. The van der Waals surface area contributed by atoms with E-state index >= 15 is 0 Å². The first-order chi connectivity index (χ1) is 17.1. The van der Waals surface area contributed by atoms with E-state index in [0.717, 1.165) is 0 Å². The maximum Gasteiger partial charge on any atom is 0.275 e. The number of H-pyrrole nitrogens is 1. The van der Waals surface area contributed by atoms with Gasteiger partial charge in [-0.3, -0.25) is 14.7 Å². The van der Waals surface area contributed by atoms with Gasteiger partial charge in [0, 0.05) is 24.6 Å². The van der Waals surface area contributed by atoms with Gasteiger partial charge >= 0.3 is 0 Å². The molecule has 0 aromatic carbocycles. The van der Waals surface area contributed by atoms with E-state index in [1.54, 1.807) is 24.4 Å². The van der Waals surface area contributed by atoms with Crippen molar-refractivity contribution in [2.24, 2.45) is 5.92 Å². The predicted molar refractivity (Wildman–Crippen MR) is 126 cm³/mol. The Kier molecular flexibility index (Phi) is 6.90. The summed E-state index contributed by atoms with van der Waals surface area (Å²) in [4.78, 5) is 33.5. The largest absolute Gasteiger partial charge is 0.324 e. The Morgan fingerprint density at radius 1 is 1.19 bits per heavy atom. The van der Waals surface area contributed by atoms with Crippen LogP contribution >= 0.6 is 0 Å². The average Bonchev–Trinajstić information content (AvgIpc) is 3.39. The second-order valence-electron chi connectivity index (χ2n) is 8.02. The molecule has 2 amide bonds. The molecule has 14 heteroatoms. The number of carbonyl (C=O) groups excluding carboxylic acids is 2. The Morgan fingerprint density at radius 3 is 2.67 bits per heavy atom. The van der Waals surface area contributed by atoms with Crippen molar-refractivity contribution in [3.63, 3.8) is 0 Å². The van der Waals surface area contributed by atoms with E-state index in [0.29, 0.717) is 21.1 Å². The number of hydrogen-bond acceptors (Lipinski definition) is 7. The zero-order chi connectivity index (χ0) is 25.9. The van der Waals surface area contributed by atoms with Gasteiger partial charge in [-0.15, -0.1) is 0 Å². The van der Waals surface area contributed by atoms with Crippen molar-refractivity contribution >= 4 is 33.3 Å².